The van der Waals surface area contributed by atoms with E-state index in [4.69, 9.17) is 4.98 Å². The summed E-state index contributed by atoms with van der Waals surface area (Å²) in [5.74, 6) is 0.594. The van der Waals surface area contributed by atoms with Crippen molar-refractivity contribution in [2.75, 3.05) is 5.32 Å². The van der Waals surface area contributed by atoms with Gasteiger partial charge >= 0.3 is 0 Å². The molecule has 9 heteroatoms. The average Bonchev–Trinajstić information content (AvgIpc) is 3.56. The second-order valence-corrected chi connectivity index (χ2v) is 8.17. The van der Waals surface area contributed by atoms with Crippen molar-refractivity contribution in [2.45, 2.75) is 6.54 Å². The Morgan fingerprint density at radius 1 is 1.09 bits per heavy atom. The van der Waals surface area contributed by atoms with Gasteiger partial charge in [-0.2, -0.15) is 5.10 Å². The molecule has 0 aliphatic rings. The van der Waals surface area contributed by atoms with Crippen molar-refractivity contribution in [3.8, 4) is 22.0 Å². The minimum Gasteiger partial charge on any atom is -0.333 e. The number of aromatic nitrogens is 6. The van der Waals surface area contributed by atoms with E-state index in [-0.39, 0.29) is 5.91 Å². The maximum absolute atomic E-state index is 12.9. The van der Waals surface area contributed by atoms with Gasteiger partial charge in [-0.25, -0.2) is 19.6 Å². The Hall–Kier alpha value is -4.11. The lowest BCUT2D eigenvalue weighted by Gasteiger charge is -2.04. The quantitative estimate of drug-likeness (QED) is 0.428. The molecule has 0 radical (unpaired) electrons. The zero-order chi connectivity index (χ0) is 21.9. The minimum absolute atomic E-state index is 0.211. The number of hydrogen-bond acceptors (Lipinski definition) is 6. The van der Waals surface area contributed by atoms with Crippen molar-refractivity contribution >= 4 is 22.4 Å². The van der Waals surface area contributed by atoms with E-state index < -0.39 is 0 Å². The molecule has 0 spiro atoms. The van der Waals surface area contributed by atoms with Gasteiger partial charge in [0.15, 0.2) is 11.0 Å². The first-order chi connectivity index (χ1) is 15.7. The number of imidazole rings is 1. The first kappa shape index (κ1) is 19.8. The van der Waals surface area contributed by atoms with Gasteiger partial charge in [0.1, 0.15) is 12.7 Å². The summed E-state index contributed by atoms with van der Waals surface area (Å²) in [5.41, 5.74) is 3.36. The Kier molecular flexibility index (Phi) is 5.30. The monoisotopic (exact) mass is 441 g/mol. The van der Waals surface area contributed by atoms with Gasteiger partial charge in [0, 0.05) is 30.6 Å². The predicted molar refractivity (Wildman–Crippen MR) is 123 cm³/mol. The molecule has 0 fully saturated rings. The van der Waals surface area contributed by atoms with Crippen LogP contribution < -0.4 is 5.32 Å². The molecule has 0 aliphatic heterocycles. The first-order valence-electron chi connectivity index (χ1n) is 9.94. The van der Waals surface area contributed by atoms with Gasteiger partial charge in [-0.05, 0) is 17.7 Å². The molecule has 0 unspecified atom stereocenters. The molecule has 0 aliphatic carbocycles. The largest absolute Gasteiger partial charge is 0.333 e. The van der Waals surface area contributed by atoms with Crippen LogP contribution in [0.4, 0.5) is 5.13 Å². The number of carbonyl (C=O) groups is 1. The Bertz CT molecular complexity index is 1340. The second-order valence-electron chi connectivity index (χ2n) is 7.17. The van der Waals surface area contributed by atoms with Crippen molar-refractivity contribution in [3.63, 3.8) is 0 Å². The number of hydrogen-bond donors (Lipinski definition) is 1. The Labute approximate surface area is 188 Å². The third-order valence-electron chi connectivity index (χ3n) is 4.95. The van der Waals surface area contributed by atoms with Gasteiger partial charge in [-0.15, -0.1) is 0 Å². The third kappa shape index (κ3) is 4.06. The summed E-state index contributed by atoms with van der Waals surface area (Å²) in [4.78, 5) is 26.9. The second kappa shape index (κ2) is 8.56. The highest BCUT2D eigenvalue weighted by molar-refractivity contribution is 7.19. The van der Waals surface area contributed by atoms with E-state index >= 15 is 0 Å². The van der Waals surface area contributed by atoms with E-state index in [0.717, 1.165) is 27.5 Å². The number of carbonyl (C=O) groups excluding carboxylic acids is 1. The molecule has 0 saturated heterocycles. The number of aryl methyl sites for hydroxylation is 1. The Morgan fingerprint density at radius 2 is 1.91 bits per heavy atom. The lowest BCUT2D eigenvalue weighted by atomic mass is 10.1. The maximum Gasteiger partial charge on any atom is 0.257 e. The van der Waals surface area contributed by atoms with Crippen molar-refractivity contribution in [2.24, 2.45) is 7.05 Å². The average molecular weight is 442 g/mol. The summed E-state index contributed by atoms with van der Waals surface area (Å²) in [5, 5.41) is 7.57. The van der Waals surface area contributed by atoms with E-state index in [9.17, 15) is 4.79 Å². The molecule has 3 aromatic heterocycles. The van der Waals surface area contributed by atoms with Crippen molar-refractivity contribution < 1.29 is 4.79 Å². The predicted octanol–water partition coefficient (Wildman–Crippen LogP) is 4.10. The van der Waals surface area contributed by atoms with E-state index in [1.807, 2.05) is 60.3 Å². The number of nitrogens with zero attached hydrogens (tertiary/aromatic N) is 6. The number of thiazole rings is 1. The number of nitrogens with one attached hydrogen (secondary N) is 1. The molecule has 1 amide bonds. The van der Waals surface area contributed by atoms with Crippen LogP contribution in [0.15, 0.2) is 79.6 Å². The molecular formula is C23H19N7OS. The summed E-state index contributed by atoms with van der Waals surface area (Å²) in [6.45, 7) is 0.599. The van der Waals surface area contributed by atoms with E-state index in [0.29, 0.717) is 17.2 Å². The van der Waals surface area contributed by atoms with E-state index in [1.54, 1.807) is 29.3 Å². The van der Waals surface area contributed by atoms with Crippen LogP contribution >= 0.6 is 11.3 Å². The first-order valence-corrected chi connectivity index (χ1v) is 10.8. The molecular weight excluding hydrogens is 422 g/mol. The molecule has 5 rings (SSSR count). The molecule has 3 heterocycles. The number of benzene rings is 2. The van der Waals surface area contributed by atoms with Crippen LogP contribution in [-0.4, -0.2) is 35.2 Å². The molecule has 0 saturated carbocycles. The standard InChI is InChI=1S/C23H19N7OS/c1-29-12-11-25-21(29)20-19(17-5-3-2-4-6-17)27-23(32-20)28-22(31)18-9-7-16(8-10-18)13-30-15-24-14-26-30/h2-12,14-15H,13H2,1H3,(H,27,28,31). The molecule has 8 nitrogen and oxygen atoms in total. The van der Waals surface area contributed by atoms with Crippen LogP contribution in [0.5, 0.6) is 0 Å². The fourth-order valence-corrected chi connectivity index (χ4v) is 4.36. The third-order valence-corrected chi connectivity index (χ3v) is 5.91. The topological polar surface area (TPSA) is 90.5 Å². The highest BCUT2D eigenvalue weighted by atomic mass is 32.1. The van der Waals surface area contributed by atoms with Crippen LogP contribution in [0.2, 0.25) is 0 Å². The summed E-state index contributed by atoms with van der Waals surface area (Å²) in [6, 6.07) is 17.3. The maximum atomic E-state index is 12.9. The van der Waals surface area contributed by atoms with Gasteiger partial charge in [0.25, 0.3) is 5.91 Å². The summed E-state index contributed by atoms with van der Waals surface area (Å²) in [7, 11) is 1.94. The Balaban J connectivity index is 1.40. The fourth-order valence-electron chi connectivity index (χ4n) is 3.33. The normalized spacial score (nSPS) is 10.9. The molecule has 158 valence electrons. The van der Waals surface area contributed by atoms with Crippen LogP contribution in [0.3, 0.4) is 0 Å². The number of anilines is 1. The molecule has 0 bridgehead atoms. The highest BCUT2D eigenvalue weighted by Gasteiger charge is 2.19. The van der Waals surface area contributed by atoms with Gasteiger partial charge < -0.3 is 4.57 Å². The molecule has 1 N–H and O–H groups in total. The molecule has 0 atom stereocenters. The SMILES string of the molecule is Cn1ccnc1-c1sc(NC(=O)c2ccc(Cn3cncn3)cc2)nc1-c1ccccc1. The fraction of sp³-hybridized carbons (Fsp3) is 0.0870. The number of amides is 1. The zero-order valence-corrected chi connectivity index (χ0v) is 18.0. The minimum atomic E-state index is -0.211. The van der Waals surface area contributed by atoms with Gasteiger partial charge in [0.2, 0.25) is 0 Å². The molecule has 32 heavy (non-hydrogen) atoms. The van der Waals surface area contributed by atoms with Crippen molar-refractivity contribution in [3.05, 3.63) is 90.8 Å². The van der Waals surface area contributed by atoms with Crippen LogP contribution in [0, 0.1) is 0 Å². The van der Waals surface area contributed by atoms with Crippen molar-refractivity contribution in [1.29, 1.82) is 0 Å². The lowest BCUT2D eigenvalue weighted by molar-refractivity contribution is 0.102. The summed E-state index contributed by atoms with van der Waals surface area (Å²) in [6.07, 6.45) is 6.80. The van der Waals surface area contributed by atoms with Crippen molar-refractivity contribution in [1.82, 2.24) is 29.3 Å². The number of rotatable bonds is 6. The Morgan fingerprint density at radius 3 is 2.59 bits per heavy atom. The van der Waals surface area contributed by atoms with Gasteiger partial charge in [-0.3, -0.25) is 10.1 Å². The van der Waals surface area contributed by atoms with E-state index in [1.165, 1.54) is 17.7 Å². The molecule has 2 aromatic carbocycles. The van der Waals surface area contributed by atoms with E-state index in [2.05, 4.69) is 20.4 Å². The smallest absolute Gasteiger partial charge is 0.257 e. The zero-order valence-electron chi connectivity index (χ0n) is 17.2. The summed E-state index contributed by atoms with van der Waals surface area (Å²) >= 11 is 1.41. The molecule has 5 aromatic rings. The van der Waals surface area contributed by atoms with Crippen LogP contribution in [0.25, 0.3) is 22.0 Å². The van der Waals surface area contributed by atoms with Gasteiger partial charge in [0.05, 0.1) is 17.1 Å². The highest BCUT2D eigenvalue weighted by Crippen LogP contribution is 2.38. The summed E-state index contributed by atoms with van der Waals surface area (Å²) < 4.78 is 3.67. The van der Waals surface area contributed by atoms with Crippen LogP contribution in [-0.2, 0) is 13.6 Å². The van der Waals surface area contributed by atoms with Crippen LogP contribution in [0.1, 0.15) is 15.9 Å². The lowest BCUT2D eigenvalue weighted by Crippen LogP contribution is -2.11. The van der Waals surface area contributed by atoms with Gasteiger partial charge in [-0.1, -0.05) is 53.8 Å².